The van der Waals surface area contributed by atoms with Crippen LogP contribution in [0.4, 0.5) is 0 Å². The van der Waals surface area contributed by atoms with E-state index in [2.05, 4.69) is 0 Å². The van der Waals surface area contributed by atoms with Gasteiger partial charge in [-0.2, -0.15) is 0 Å². The summed E-state index contributed by atoms with van der Waals surface area (Å²) < 4.78 is 2.00. The van der Waals surface area contributed by atoms with Gasteiger partial charge in [0, 0.05) is 30.4 Å². The van der Waals surface area contributed by atoms with E-state index in [9.17, 15) is 4.79 Å². The molecule has 1 aromatic heterocycles. The molecule has 1 fully saturated rings. The van der Waals surface area contributed by atoms with Crippen molar-refractivity contribution in [2.45, 2.75) is 19.4 Å². The van der Waals surface area contributed by atoms with Gasteiger partial charge in [0.1, 0.15) is 0 Å². The van der Waals surface area contributed by atoms with Crippen LogP contribution in [0.5, 0.6) is 0 Å². The molecule has 19 heavy (non-hydrogen) atoms. The van der Waals surface area contributed by atoms with Crippen molar-refractivity contribution in [1.82, 2.24) is 4.57 Å². The summed E-state index contributed by atoms with van der Waals surface area (Å²) in [5.74, 6) is 0.536. The third-order valence-corrected chi connectivity index (χ3v) is 4.07. The lowest BCUT2D eigenvalue weighted by atomic mass is 10.1. The highest BCUT2D eigenvalue weighted by atomic mass is 35.5. The van der Waals surface area contributed by atoms with Gasteiger partial charge in [-0.25, -0.2) is 0 Å². The first kappa shape index (κ1) is 12.8. The maximum absolute atomic E-state index is 11.9. The van der Waals surface area contributed by atoms with Crippen molar-refractivity contribution < 1.29 is 4.79 Å². The molecule has 0 aliphatic heterocycles. The molecule has 2 aromatic rings. The standard InChI is InChI=1S/C15H13Cl2NO/c16-13-4-1-10(7-14(13)17)8-18-6-5-12(9-18)15(19)11-2-3-11/h1,4-7,9,11H,2-3,8H2. The molecule has 0 unspecified atom stereocenters. The van der Waals surface area contributed by atoms with E-state index >= 15 is 0 Å². The maximum atomic E-state index is 11.9. The fraction of sp³-hybridized carbons (Fsp3) is 0.267. The first-order valence-electron chi connectivity index (χ1n) is 6.27. The van der Waals surface area contributed by atoms with Crippen molar-refractivity contribution in [1.29, 1.82) is 0 Å². The van der Waals surface area contributed by atoms with Crippen LogP contribution in [-0.2, 0) is 6.54 Å². The molecule has 1 aliphatic carbocycles. The van der Waals surface area contributed by atoms with Crippen LogP contribution in [-0.4, -0.2) is 10.4 Å². The van der Waals surface area contributed by atoms with Crippen LogP contribution in [0, 0.1) is 5.92 Å². The number of halogens is 2. The Hall–Kier alpha value is -1.25. The molecule has 2 nitrogen and oxygen atoms in total. The normalized spacial score (nSPS) is 14.6. The van der Waals surface area contributed by atoms with E-state index in [0.29, 0.717) is 16.6 Å². The van der Waals surface area contributed by atoms with E-state index in [4.69, 9.17) is 23.2 Å². The van der Waals surface area contributed by atoms with E-state index in [1.54, 1.807) is 6.07 Å². The number of Topliss-reactive ketones (excluding diaryl/α,β-unsaturated/α-hetero) is 1. The smallest absolute Gasteiger partial charge is 0.167 e. The number of rotatable bonds is 4. The number of hydrogen-bond acceptors (Lipinski definition) is 1. The van der Waals surface area contributed by atoms with Gasteiger partial charge in [-0.1, -0.05) is 29.3 Å². The molecule has 0 saturated heterocycles. The molecule has 0 atom stereocenters. The first-order valence-corrected chi connectivity index (χ1v) is 7.03. The van der Waals surface area contributed by atoms with Gasteiger partial charge in [-0.15, -0.1) is 0 Å². The summed E-state index contributed by atoms with van der Waals surface area (Å²) in [4.78, 5) is 11.9. The predicted molar refractivity (Wildman–Crippen MR) is 77.1 cm³/mol. The van der Waals surface area contributed by atoms with E-state index in [0.717, 1.165) is 24.0 Å². The average molecular weight is 294 g/mol. The highest BCUT2D eigenvalue weighted by Crippen LogP contribution is 2.32. The Bertz CT molecular complexity index is 629. The molecule has 0 spiro atoms. The fourth-order valence-electron chi connectivity index (χ4n) is 2.11. The zero-order valence-corrected chi connectivity index (χ0v) is 11.8. The Morgan fingerprint density at radius 3 is 2.68 bits per heavy atom. The number of hydrogen-bond donors (Lipinski definition) is 0. The molecule has 0 N–H and O–H groups in total. The van der Waals surface area contributed by atoms with E-state index < -0.39 is 0 Å². The van der Waals surface area contributed by atoms with Gasteiger partial charge in [0.15, 0.2) is 5.78 Å². The number of carbonyl (C=O) groups is 1. The summed E-state index contributed by atoms with van der Waals surface area (Å²) in [6, 6.07) is 7.47. The van der Waals surface area contributed by atoms with Crippen molar-refractivity contribution in [2.75, 3.05) is 0 Å². The molecule has 1 aliphatic rings. The summed E-state index contributed by atoms with van der Waals surface area (Å²) in [5, 5.41) is 1.11. The minimum Gasteiger partial charge on any atom is -0.349 e. The second-order valence-corrected chi connectivity index (χ2v) is 5.77. The van der Waals surface area contributed by atoms with Crippen LogP contribution in [0.1, 0.15) is 28.8 Å². The summed E-state index contributed by atoms with van der Waals surface area (Å²) in [7, 11) is 0. The van der Waals surface area contributed by atoms with Crippen LogP contribution in [0.25, 0.3) is 0 Å². The van der Waals surface area contributed by atoms with Gasteiger partial charge < -0.3 is 4.57 Å². The van der Waals surface area contributed by atoms with Gasteiger partial charge in [0.2, 0.25) is 0 Å². The van der Waals surface area contributed by atoms with Crippen molar-refractivity contribution in [3.05, 3.63) is 57.8 Å². The summed E-state index contributed by atoms with van der Waals surface area (Å²) in [6.07, 6.45) is 5.91. The van der Waals surface area contributed by atoms with Gasteiger partial charge in [-0.05, 0) is 36.6 Å². The summed E-state index contributed by atoms with van der Waals surface area (Å²) in [6.45, 7) is 0.689. The Morgan fingerprint density at radius 2 is 2.00 bits per heavy atom. The predicted octanol–water partition coefficient (Wildman–Crippen LogP) is 4.44. The first-order chi connectivity index (χ1) is 9.13. The number of aromatic nitrogens is 1. The molecule has 0 amide bonds. The second kappa shape index (κ2) is 5.03. The Morgan fingerprint density at radius 1 is 1.21 bits per heavy atom. The van der Waals surface area contributed by atoms with Crippen molar-refractivity contribution in [3.8, 4) is 0 Å². The largest absolute Gasteiger partial charge is 0.349 e. The molecular formula is C15H13Cl2NO. The molecule has 0 radical (unpaired) electrons. The number of carbonyl (C=O) groups excluding carboxylic acids is 1. The third-order valence-electron chi connectivity index (χ3n) is 3.33. The van der Waals surface area contributed by atoms with Crippen LogP contribution in [0.3, 0.4) is 0 Å². The van der Waals surface area contributed by atoms with Gasteiger partial charge >= 0.3 is 0 Å². The molecule has 1 aromatic carbocycles. The molecule has 0 bridgehead atoms. The Kier molecular flexibility index (Phi) is 3.38. The minimum absolute atomic E-state index is 0.265. The Labute approximate surface area is 121 Å². The van der Waals surface area contributed by atoms with Crippen LogP contribution in [0.15, 0.2) is 36.7 Å². The molecule has 3 rings (SSSR count). The zero-order chi connectivity index (χ0) is 13.4. The Balaban J connectivity index is 1.75. The molecule has 1 heterocycles. The van der Waals surface area contributed by atoms with Gasteiger partial charge in [0.25, 0.3) is 0 Å². The molecule has 4 heteroatoms. The quantitative estimate of drug-likeness (QED) is 0.764. The summed E-state index contributed by atoms with van der Waals surface area (Å²) >= 11 is 11.9. The number of benzene rings is 1. The SMILES string of the molecule is O=C(c1ccn(Cc2ccc(Cl)c(Cl)c2)c1)C1CC1. The lowest BCUT2D eigenvalue weighted by molar-refractivity contribution is 0.0967. The molecular weight excluding hydrogens is 281 g/mol. The van der Waals surface area contributed by atoms with E-state index in [1.807, 2.05) is 35.2 Å². The highest BCUT2D eigenvalue weighted by molar-refractivity contribution is 6.42. The molecule has 1 saturated carbocycles. The van der Waals surface area contributed by atoms with Crippen molar-refractivity contribution in [2.24, 2.45) is 5.92 Å². The topological polar surface area (TPSA) is 22.0 Å². The summed E-state index contributed by atoms with van der Waals surface area (Å²) in [5.41, 5.74) is 1.87. The fourth-order valence-corrected chi connectivity index (χ4v) is 2.44. The minimum atomic E-state index is 0.265. The van der Waals surface area contributed by atoms with Crippen LogP contribution >= 0.6 is 23.2 Å². The lowest BCUT2D eigenvalue weighted by Crippen LogP contribution is -2.00. The maximum Gasteiger partial charge on any atom is 0.167 e. The second-order valence-electron chi connectivity index (χ2n) is 4.96. The monoisotopic (exact) mass is 293 g/mol. The van der Waals surface area contributed by atoms with Gasteiger partial charge in [0.05, 0.1) is 10.0 Å². The number of nitrogens with zero attached hydrogens (tertiary/aromatic N) is 1. The van der Waals surface area contributed by atoms with E-state index in [1.165, 1.54) is 0 Å². The van der Waals surface area contributed by atoms with E-state index in [-0.39, 0.29) is 11.7 Å². The third kappa shape index (κ3) is 2.85. The van der Waals surface area contributed by atoms with Crippen molar-refractivity contribution >= 4 is 29.0 Å². The average Bonchev–Trinajstić information content (AvgIpc) is 3.14. The zero-order valence-electron chi connectivity index (χ0n) is 10.3. The van der Waals surface area contributed by atoms with Crippen LogP contribution < -0.4 is 0 Å². The number of ketones is 1. The van der Waals surface area contributed by atoms with Crippen molar-refractivity contribution in [3.63, 3.8) is 0 Å². The highest BCUT2D eigenvalue weighted by Gasteiger charge is 2.30. The molecule has 98 valence electrons. The van der Waals surface area contributed by atoms with Gasteiger partial charge in [-0.3, -0.25) is 4.79 Å². The lowest BCUT2D eigenvalue weighted by Gasteiger charge is -2.04. The van der Waals surface area contributed by atoms with Crippen LogP contribution in [0.2, 0.25) is 10.0 Å².